The monoisotopic (exact) mass is 252 g/mol. The van der Waals surface area contributed by atoms with Gasteiger partial charge in [-0.3, -0.25) is 15.0 Å². The lowest BCUT2D eigenvalue weighted by Gasteiger charge is -2.21. The normalized spacial score (nSPS) is 18.5. The second-order valence-electron chi connectivity index (χ2n) is 4.31. The fourth-order valence-electron chi connectivity index (χ4n) is 2.26. The summed E-state index contributed by atoms with van der Waals surface area (Å²) in [6.45, 7) is 0. The third-order valence-corrected chi connectivity index (χ3v) is 3.11. The number of rotatable bonds is 2. The third-order valence-electron chi connectivity index (χ3n) is 3.11. The van der Waals surface area contributed by atoms with Crippen LogP contribution < -0.4 is 10.2 Å². The molecule has 1 aliphatic heterocycles. The maximum absolute atomic E-state index is 12.0. The molecule has 1 N–H and O–H groups in total. The van der Waals surface area contributed by atoms with E-state index in [2.05, 4.69) is 5.32 Å². The Labute approximate surface area is 110 Å². The van der Waals surface area contributed by atoms with Crippen molar-refractivity contribution in [3.8, 4) is 0 Å². The molecule has 2 aromatic carbocycles. The van der Waals surface area contributed by atoms with Gasteiger partial charge in [0.2, 0.25) is 0 Å². The molecule has 2 aromatic rings. The Morgan fingerprint density at radius 2 is 1.42 bits per heavy atom. The van der Waals surface area contributed by atoms with Gasteiger partial charge in [0, 0.05) is 5.69 Å². The van der Waals surface area contributed by atoms with Crippen molar-refractivity contribution in [3.63, 3.8) is 0 Å². The van der Waals surface area contributed by atoms with Gasteiger partial charge in [-0.15, -0.1) is 0 Å². The quantitative estimate of drug-likeness (QED) is 0.835. The molecule has 0 saturated carbocycles. The number of nitrogens with one attached hydrogen (secondary N) is 1. The minimum atomic E-state index is -0.601. The highest BCUT2D eigenvalue weighted by molar-refractivity contribution is 6.14. The number of carbonyl (C=O) groups excluding carboxylic acids is 2. The van der Waals surface area contributed by atoms with Crippen LogP contribution in [-0.4, -0.2) is 11.9 Å². The van der Waals surface area contributed by atoms with Crippen LogP contribution >= 0.6 is 0 Å². The molecule has 0 aliphatic carbocycles. The van der Waals surface area contributed by atoms with E-state index in [0.717, 1.165) is 5.56 Å². The molecular weight excluding hydrogens is 240 g/mol. The van der Waals surface area contributed by atoms with Crippen LogP contribution in [0.1, 0.15) is 11.6 Å². The Morgan fingerprint density at radius 3 is 2.05 bits per heavy atom. The average Bonchev–Trinajstić information content (AvgIpc) is 2.75. The van der Waals surface area contributed by atoms with E-state index in [0.29, 0.717) is 5.69 Å². The molecule has 1 heterocycles. The van der Waals surface area contributed by atoms with Crippen molar-refractivity contribution in [1.29, 1.82) is 0 Å². The first-order chi connectivity index (χ1) is 9.27. The highest BCUT2D eigenvalue weighted by Crippen LogP contribution is 2.30. The van der Waals surface area contributed by atoms with Gasteiger partial charge in [-0.2, -0.15) is 0 Å². The van der Waals surface area contributed by atoms with Crippen LogP contribution in [0.3, 0.4) is 0 Å². The number of para-hydroxylation sites is 1. The number of anilines is 1. The average molecular weight is 252 g/mol. The van der Waals surface area contributed by atoms with Gasteiger partial charge in [0.25, 0.3) is 5.91 Å². The molecule has 0 bridgehead atoms. The first-order valence-electron chi connectivity index (χ1n) is 6.01. The lowest BCUT2D eigenvalue weighted by atomic mass is 10.1. The van der Waals surface area contributed by atoms with E-state index in [1.165, 1.54) is 4.90 Å². The number of amides is 3. The fourth-order valence-corrected chi connectivity index (χ4v) is 2.26. The van der Waals surface area contributed by atoms with Gasteiger partial charge >= 0.3 is 6.03 Å². The van der Waals surface area contributed by atoms with E-state index in [1.807, 2.05) is 60.7 Å². The van der Waals surface area contributed by atoms with E-state index >= 15 is 0 Å². The Morgan fingerprint density at radius 1 is 0.842 bits per heavy atom. The van der Waals surface area contributed by atoms with Crippen molar-refractivity contribution < 1.29 is 9.59 Å². The summed E-state index contributed by atoms with van der Waals surface area (Å²) in [5, 5.41) is 2.36. The second kappa shape index (κ2) is 4.57. The molecule has 0 radical (unpaired) electrons. The predicted molar refractivity (Wildman–Crippen MR) is 71.6 cm³/mol. The van der Waals surface area contributed by atoms with Crippen LogP contribution in [0, 0.1) is 0 Å². The number of hydrogen-bond acceptors (Lipinski definition) is 2. The molecule has 1 saturated heterocycles. The van der Waals surface area contributed by atoms with Gasteiger partial charge in [-0.05, 0) is 17.7 Å². The first kappa shape index (κ1) is 11.5. The minimum Gasteiger partial charge on any atom is -0.277 e. The number of hydrogen-bond donors (Lipinski definition) is 1. The summed E-state index contributed by atoms with van der Waals surface area (Å²) < 4.78 is 0. The van der Waals surface area contributed by atoms with E-state index in [9.17, 15) is 9.59 Å². The lowest BCUT2D eigenvalue weighted by Crippen LogP contribution is -2.29. The van der Waals surface area contributed by atoms with Crippen molar-refractivity contribution in [3.05, 3.63) is 66.2 Å². The van der Waals surface area contributed by atoms with Crippen molar-refractivity contribution in [2.24, 2.45) is 0 Å². The van der Waals surface area contributed by atoms with Gasteiger partial charge in [-0.25, -0.2) is 4.79 Å². The highest BCUT2D eigenvalue weighted by atomic mass is 16.2. The van der Waals surface area contributed by atoms with E-state index in [-0.39, 0.29) is 11.9 Å². The standard InChI is InChI=1S/C15H12N2O2/c18-14-13(11-7-3-1-4-8-11)17(15(19)16-14)12-9-5-2-6-10-12/h1-10,13H,(H,16,18,19)/t13-/m0/s1. The molecule has 3 rings (SSSR count). The number of carbonyl (C=O) groups is 2. The smallest absolute Gasteiger partial charge is 0.277 e. The Bertz CT molecular complexity index is 555. The second-order valence-corrected chi connectivity index (χ2v) is 4.31. The summed E-state index contributed by atoms with van der Waals surface area (Å²) in [7, 11) is 0. The van der Waals surface area contributed by atoms with Crippen LogP contribution in [0.5, 0.6) is 0 Å². The Kier molecular flexibility index (Phi) is 2.76. The summed E-state index contributed by atoms with van der Waals surface area (Å²) in [4.78, 5) is 25.4. The van der Waals surface area contributed by atoms with Crippen LogP contribution in [0.15, 0.2) is 60.7 Å². The summed E-state index contributed by atoms with van der Waals surface area (Å²) in [5.41, 5.74) is 1.51. The molecule has 19 heavy (non-hydrogen) atoms. The van der Waals surface area contributed by atoms with Gasteiger partial charge in [0.15, 0.2) is 0 Å². The molecule has 4 nitrogen and oxygen atoms in total. The van der Waals surface area contributed by atoms with Gasteiger partial charge in [0.05, 0.1) is 0 Å². The zero-order valence-electron chi connectivity index (χ0n) is 10.1. The summed E-state index contributed by atoms with van der Waals surface area (Å²) >= 11 is 0. The molecule has 1 aliphatic rings. The first-order valence-corrected chi connectivity index (χ1v) is 6.01. The molecule has 1 atom stereocenters. The molecule has 1 fully saturated rings. The molecule has 3 amide bonds. The van der Waals surface area contributed by atoms with E-state index in [4.69, 9.17) is 0 Å². The number of imide groups is 1. The zero-order chi connectivity index (χ0) is 13.2. The summed E-state index contributed by atoms with van der Waals surface area (Å²) in [6, 6.07) is 17.5. The highest BCUT2D eigenvalue weighted by Gasteiger charge is 2.40. The van der Waals surface area contributed by atoms with Crippen LogP contribution in [0.4, 0.5) is 10.5 Å². The SMILES string of the molecule is O=C1NC(=O)N(c2ccccc2)[C@H]1c1ccccc1. The molecule has 0 spiro atoms. The van der Waals surface area contributed by atoms with Crippen molar-refractivity contribution in [2.45, 2.75) is 6.04 Å². The van der Waals surface area contributed by atoms with E-state index < -0.39 is 6.04 Å². The van der Waals surface area contributed by atoms with Crippen molar-refractivity contribution >= 4 is 17.6 Å². The molecular formula is C15H12N2O2. The van der Waals surface area contributed by atoms with Crippen LogP contribution in [0.2, 0.25) is 0 Å². The van der Waals surface area contributed by atoms with Crippen LogP contribution in [-0.2, 0) is 4.79 Å². The van der Waals surface area contributed by atoms with Gasteiger partial charge < -0.3 is 0 Å². The molecule has 0 aromatic heterocycles. The van der Waals surface area contributed by atoms with Crippen molar-refractivity contribution in [1.82, 2.24) is 5.32 Å². The van der Waals surface area contributed by atoms with Crippen LogP contribution in [0.25, 0.3) is 0 Å². The Hall–Kier alpha value is -2.62. The number of benzene rings is 2. The van der Waals surface area contributed by atoms with Gasteiger partial charge in [-0.1, -0.05) is 48.5 Å². The van der Waals surface area contributed by atoms with E-state index in [1.54, 1.807) is 0 Å². The molecule has 4 heteroatoms. The minimum absolute atomic E-state index is 0.292. The van der Waals surface area contributed by atoms with Crippen molar-refractivity contribution in [2.75, 3.05) is 4.90 Å². The maximum Gasteiger partial charge on any atom is 0.329 e. The van der Waals surface area contributed by atoms with Gasteiger partial charge in [0.1, 0.15) is 6.04 Å². The zero-order valence-corrected chi connectivity index (χ0v) is 10.1. The fraction of sp³-hybridized carbons (Fsp3) is 0.0667. The number of nitrogens with zero attached hydrogens (tertiary/aromatic N) is 1. The summed E-state index contributed by atoms with van der Waals surface area (Å²) in [6.07, 6.45) is 0. The maximum atomic E-state index is 12.0. The third kappa shape index (κ3) is 1.97. The topological polar surface area (TPSA) is 49.4 Å². The molecule has 0 unspecified atom stereocenters. The molecule has 94 valence electrons. The Balaban J connectivity index is 2.06. The number of urea groups is 1. The lowest BCUT2D eigenvalue weighted by molar-refractivity contribution is -0.119. The predicted octanol–water partition coefficient (Wildman–Crippen LogP) is 2.48. The largest absolute Gasteiger partial charge is 0.329 e. The summed E-state index contributed by atoms with van der Waals surface area (Å²) in [5.74, 6) is -0.292.